The van der Waals surface area contributed by atoms with Gasteiger partial charge in [0.05, 0.1) is 0 Å². The van der Waals surface area contributed by atoms with E-state index in [0.717, 1.165) is 5.56 Å². The lowest BCUT2D eigenvalue weighted by molar-refractivity contribution is 0.583. The molecule has 1 rings (SSSR count). The van der Waals surface area contributed by atoms with E-state index in [1.165, 1.54) is 12.3 Å². The van der Waals surface area contributed by atoms with Crippen LogP contribution in [-0.4, -0.2) is 11.0 Å². The van der Waals surface area contributed by atoms with E-state index < -0.39 is 5.95 Å². The van der Waals surface area contributed by atoms with Crippen molar-refractivity contribution in [3.63, 3.8) is 0 Å². The van der Waals surface area contributed by atoms with Crippen LogP contribution >= 0.6 is 0 Å². The maximum Gasteiger partial charge on any atom is 0.212 e. The van der Waals surface area contributed by atoms with Gasteiger partial charge in [-0.05, 0) is 24.6 Å². The molecule has 0 aromatic carbocycles. The van der Waals surface area contributed by atoms with Crippen LogP contribution in [0.4, 0.5) is 4.39 Å². The molecule has 3 heteroatoms. The Kier molecular flexibility index (Phi) is 2.94. The Morgan fingerprint density at radius 2 is 2.33 bits per heavy atom. The summed E-state index contributed by atoms with van der Waals surface area (Å²) in [6.45, 7) is 1.87. The lowest BCUT2D eigenvalue weighted by Gasteiger charge is -1.94. The second-order valence-electron chi connectivity index (χ2n) is 2.63. The van der Waals surface area contributed by atoms with Crippen molar-refractivity contribution in [3.05, 3.63) is 35.9 Å². The second-order valence-corrected chi connectivity index (χ2v) is 2.63. The summed E-state index contributed by atoms with van der Waals surface area (Å²) in [7, 11) is 0. The maximum atomic E-state index is 12.3. The largest absolute Gasteiger partial charge is 0.325 e. The molecule has 0 saturated heterocycles. The number of nitrogens with two attached hydrogens (primary N) is 1. The molecule has 0 fully saturated rings. The lowest BCUT2D eigenvalue weighted by Crippen LogP contribution is -2.09. The van der Waals surface area contributed by atoms with Crippen LogP contribution in [-0.2, 0) is 0 Å². The van der Waals surface area contributed by atoms with Crippen molar-refractivity contribution in [2.45, 2.75) is 13.0 Å². The molecule has 2 N–H and O–H groups in total. The molecule has 64 valence electrons. The Labute approximate surface area is 70.9 Å². The molecule has 0 aliphatic rings. The summed E-state index contributed by atoms with van der Waals surface area (Å²) >= 11 is 0. The van der Waals surface area contributed by atoms with Crippen molar-refractivity contribution in [1.82, 2.24) is 4.98 Å². The van der Waals surface area contributed by atoms with Crippen LogP contribution in [0, 0.1) is 5.95 Å². The fraction of sp³-hybridized carbons (Fsp3) is 0.222. The average molecular weight is 166 g/mol. The monoisotopic (exact) mass is 166 g/mol. The smallest absolute Gasteiger partial charge is 0.212 e. The molecule has 0 aliphatic carbocycles. The Hall–Kier alpha value is -1.22. The third kappa shape index (κ3) is 2.80. The van der Waals surface area contributed by atoms with E-state index in [0.29, 0.717) is 0 Å². The van der Waals surface area contributed by atoms with Crippen molar-refractivity contribution in [2.24, 2.45) is 5.73 Å². The zero-order valence-corrected chi connectivity index (χ0v) is 6.87. The first-order valence-corrected chi connectivity index (χ1v) is 3.74. The summed E-state index contributed by atoms with van der Waals surface area (Å²) in [6.07, 6.45) is 5.11. The molecule has 0 spiro atoms. The summed E-state index contributed by atoms with van der Waals surface area (Å²) in [4.78, 5) is 3.50. The number of rotatable bonds is 2. The molecule has 2 nitrogen and oxygen atoms in total. The first-order valence-electron chi connectivity index (χ1n) is 3.74. The minimum absolute atomic E-state index is 0.00931. The zero-order chi connectivity index (χ0) is 8.97. The van der Waals surface area contributed by atoms with Gasteiger partial charge < -0.3 is 5.73 Å². The van der Waals surface area contributed by atoms with Gasteiger partial charge in [0.1, 0.15) is 0 Å². The van der Waals surface area contributed by atoms with Gasteiger partial charge in [0, 0.05) is 12.2 Å². The summed E-state index contributed by atoms with van der Waals surface area (Å²) in [6, 6.07) is 2.98. The Morgan fingerprint density at radius 3 is 2.83 bits per heavy atom. The van der Waals surface area contributed by atoms with Gasteiger partial charge in [0.25, 0.3) is 0 Å². The van der Waals surface area contributed by atoms with Gasteiger partial charge in [0.2, 0.25) is 5.95 Å². The van der Waals surface area contributed by atoms with E-state index in [2.05, 4.69) is 4.98 Å². The highest BCUT2D eigenvalue weighted by Crippen LogP contribution is 2.01. The van der Waals surface area contributed by atoms with Gasteiger partial charge in [-0.3, -0.25) is 0 Å². The van der Waals surface area contributed by atoms with Gasteiger partial charge in [-0.1, -0.05) is 12.2 Å². The van der Waals surface area contributed by atoms with Gasteiger partial charge in [-0.15, -0.1) is 0 Å². The fourth-order valence-electron chi connectivity index (χ4n) is 0.749. The van der Waals surface area contributed by atoms with Crippen LogP contribution in [0.2, 0.25) is 0 Å². The molecule has 0 bridgehead atoms. The van der Waals surface area contributed by atoms with Crippen LogP contribution < -0.4 is 5.73 Å². The molecule has 0 amide bonds. The third-order valence-corrected chi connectivity index (χ3v) is 1.34. The molecule has 1 atom stereocenters. The van der Waals surface area contributed by atoms with Crippen LogP contribution in [0.3, 0.4) is 0 Å². The molecule has 1 aromatic heterocycles. The molecule has 1 aromatic rings. The third-order valence-electron chi connectivity index (χ3n) is 1.34. The van der Waals surface area contributed by atoms with Crippen LogP contribution in [0.5, 0.6) is 0 Å². The van der Waals surface area contributed by atoms with E-state index in [1.54, 1.807) is 6.07 Å². The topological polar surface area (TPSA) is 38.9 Å². The molecule has 0 radical (unpaired) electrons. The highest BCUT2D eigenvalue weighted by atomic mass is 19.1. The maximum absolute atomic E-state index is 12.3. The molecular weight excluding hydrogens is 155 g/mol. The quantitative estimate of drug-likeness (QED) is 0.677. The van der Waals surface area contributed by atoms with Crippen molar-refractivity contribution in [3.8, 4) is 0 Å². The van der Waals surface area contributed by atoms with Crippen LogP contribution in [0.25, 0.3) is 6.08 Å². The number of hydrogen-bond acceptors (Lipinski definition) is 2. The Balaban J connectivity index is 2.71. The van der Waals surface area contributed by atoms with Crippen LogP contribution in [0.15, 0.2) is 24.4 Å². The second kappa shape index (κ2) is 3.97. The molecule has 0 aliphatic heterocycles. The summed E-state index contributed by atoms with van der Waals surface area (Å²) < 4.78 is 12.3. The number of hydrogen-bond donors (Lipinski definition) is 1. The first-order chi connectivity index (χ1) is 5.68. The Bertz CT molecular complexity index is 264. The molecular formula is C9H11FN2. The summed E-state index contributed by atoms with van der Waals surface area (Å²) in [5.41, 5.74) is 6.34. The highest BCUT2D eigenvalue weighted by molar-refractivity contribution is 5.47. The van der Waals surface area contributed by atoms with E-state index in [9.17, 15) is 4.39 Å². The minimum Gasteiger partial charge on any atom is -0.325 e. The fourth-order valence-corrected chi connectivity index (χ4v) is 0.749. The predicted octanol–water partition coefficient (Wildman–Crippen LogP) is 1.58. The van der Waals surface area contributed by atoms with Crippen LogP contribution in [0.1, 0.15) is 12.5 Å². The minimum atomic E-state index is -0.465. The number of pyridine rings is 1. The average Bonchev–Trinajstić information content (AvgIpc) is 2.03. The first kappa shape index (κ1) is 8.87. The Morgan fingerprint density at radius 1 is 1.58 bits per heavy atom. The van der Waals surface area contributed by atoms with Crippen molar-refractivity contribution < 1.29 is 4.39 Å². The van der Waals surface area contributed by atoms with E-state index in [-0.39, 0.29) is 6.04 Å². The van der Waals surface area contributed by atoms with Crippen molar-refractivity contribution in [1.29, 1.82) is 0 Å². The number of halogens is 1. The predicted molar refractivity (Wildman–Crippen MR) is 46.9 cm³/mol. The van der Waals surface area contributed by atoms with Gasteiger partial charge in [0.15, 0.2) is 0 Å². The molecule has 0 saturated carbocycles. The molecule has 1 heterocycles. The van der Waals surface area contributed by atoms with E-state index in [1.807, 2.05) is 19.1 Å². The summed E-state index contributed by atoms with van der Waals surface area (Å²) in [5, 5.41) is 0. The molecule has 1 unspecified atom stereocenters. The van der Waals surface area contributed by atoms with E-state index in [4.69, 9.17) is 5.73 Å². The van der Waals surface area contributed by atoms with Gasteiger partial charge in [-0.2, -0.15) is 4.39 Å². The number of nitrogens with zero attached hydrogens (tertiary/aromatic N) is 1. The standard InChI is InChI=1S/C9H11FN2/c1-7(11)2-3-8-4-5-9(10)12-6-8/h2-7H,11H2,1H3/b3-2+. The van der Waals surface area contributed by atoms with Crippen molar-refractivity contribution in [2.75, 3.05) is 0 Å². The SMILES string of the molecule is CC(N)/C=C/c1ccc(F)nc1. The molecule has 12 heavy (non-hydrogen) atoms. The normalized spacial score (nSPS) is 13.6. The highest BCUT2D eigenvalue weighted by Gasteiger charge is 1.90. The van der Waals surface area contributed by atoms with Crippen molar-refractivity contribution >= 4 is 6.08 Å². The summed E-state index contributed by atoms with van der Waals surface area (Å²) in [5.74, 6) is -0.465. The lowest BCUT2D eigenvalue weighted by atomic mass is 10.2. The van der Waals surface area contributed by atoms with E-state index >= 15 is 0 Å². The zero-order valence-electron chi connectivity index (χ0n) is 6.87. The number of aromatic nitrogens is 1. The van der Waals surface area contributed by atoms with Gasteiger partial charge >= 0.3 is 0 Å². The van der Waals surface area contributed by atoms with Gasteiger partial charge in [-0.25, -0.2) is 4.98 Å².